The first-order valence-electron chi connectivity index (χ1n) is 7.75. The molecule has 3 N–H and O–H groups in total. The number of aryl methyl sites for hydroxylation is 1. The van der Waals surface area contributed by atoms with Crippen LogP contribution in [0.3, 0.4) is 0 Å². The van der Waals surface area contributed by atoms with E-state index in [4.69, 9.17) is 10.3 Å². The lowest BCUT2D eigenvalue weighted by Gasteiger charge is -2.09. The molecule has 0 atom stereocenters. The van der Waals surface area contributed by atoms with E-state index in [1.807, 2.05) is 55.5 Å². The molecule has 3 rings (SSSR count). The van der Waals surface area contributed by atoms with Crippen LogP contribution in [0.2, 0.25) is 0 Å². The summed E-state index contributed by atoms with van der Waals surface area (Å²) in [6, 6.07) is 15.6. The van der Waals surface area contributed by atoms with Crippen LogP contribution in [0, 0.1) is 6.92 Å². The average molecular weight is 354 g/mol. The van der Waals surface area contributed by atoms with Gasteiger partial charge in [0.2, 0.25) is 17.6 Å². The lowest BCUT2D eigenvalue weighted by Crippen LogP contribution is -2.13. The van der Waals surface area contributed by atoms with E-state index in [0.717, 1.165) is 16.1 Å². The molecule has 0 aliphatic rings. The van der Waals surface area contributed by atoms with Gasteiger partial charge in [0, 0.05) is 16.1 Å². The number of rotatable bonds is 7. The van der Waals surface area contributed by atoms with E-state index in [1.54, 1.807) is 0 Å². The molecule has 0 aliphatic carbocycles. The first-order chi connectivity index (χ1) is 12.1. The summed E-state index contributed by atoms with van der Waals surface area (Å²) in [5.74, 6) is 0.939. The van der Waals surface area contributed by atoms with Crippen LogP contribution >= 0.6 is 11.8 Å². The Morgan fingerprint density at radius 3 is 2.72 bits per heavy atom. The van der Waals surface area contributed by atoms with E-state index in [0.29, 0.717) is 18.3 Å². The zero-order chi connectivity index (χ0) is 17.6. The topological polar surface area (TPSA) is 94.0 Å². The van der Waals surface area contributed by atoms with Gasteiger partial charge in [-0.2, -0.15) is 4.98 Å². The fraction of sp³-hybridized carbons (Fsp3) is 0.167. The van der Waals surface area contributed by atoms with E-state index in [9.17, 15) is 4.79 Å². The highest BCUT2D eigenvalue weighted by Crippen LogP contribution is 2.27. The van der Waals surface area contributed by atoms with Gasteiger partial charge in [-0.3, -0.25) is 4.79 Å². The summed E-state index contributed by atoms with van der Waals surface area (Å²) in [7, 11) is 0. The molecule has 3 aromatic rings. The van der Waals surface area contributed by atoms with Gasteiger partial charge in [-0.25, -0.2) is 0 Å². The number of thioether (sulfide) groups is 1. The van der Waals surface area contributed by atoms with Gasteiger partial charge in [0.15, 0.2) is 0 Å². The van der Waals surface area contributed by atoms with Crippen LogP contribution in [0.1, 0.15) is 11.5 Å². The Hall–Kier alpha value is -2.80. The molecule has 0 saturated carbocycles. The molecule has 0 bridgehead atoms. The molecule has 1 amide bonds. The second-order valence-corrected chi connectivity index (χ2v) is 6.50. The Balaban J connectivity index is 1.66. The third-order valence-corrected chi connectivity index (χ3v) is 4.56. The van der Waals surface area contributed by atoms with E-state index in [1.165, 1.54) is 17.3 Å². The van der Waals surface area contributed by atoms with E-state index in [-0.39, 0.29) is 11.7 Å². The second-order valence-electron chi connectivity index (χ2n) is 5.48. The Morgan fingerprint density at radius 2 is 1.96 bits per heavy atom. The minimum Gasteiger partial charge on any atom is -0.375 e. The van der Waals surface area contributed by atoms with Gasteiger partial charge in [-0.15, -0.1) is 11.8 Å². The number of nitrogens with two attached hydrogens (primary N) is 1. The minimum atomic E-state index is -0.348. The Kier molecular flexibility index (Phi) is 5.35. The predicted molar refractivity (Wildman–Crippen MR) is 98.2 cm³/mol. The van der Waals surface area contributed by atoms with E-state index in [2.05, 4.69) is 15.5 Å². The summed E-state index contributed by atoms with van der Waals surface area (Å²) in [5, 5.41) is 7.28. The van der Waals surface area contributed by atoms with Crippen molar-refractivity contribution in [2.75, 3.05) is 11.1 Å². The zero-order valence-corrected chi connectivity index (χ0v) is 14.5. The van der Waals surface area contributed by atoms with Crippen molar-refractivity contribution in [2.24, 2.45) is 5.73 Å². The van der Waals surface area contributed by atoms with E-state index >= 15 is 0 Å². The number of nitrogens with one attached hydrogen (secondary N) is 1. The Bertz CT molecular complexity index is 862. The number of amides is 1. The largest absolute Gasteiger partial charge is 0.375 e. The molecular formula is C18H18N4O2S. The van der Waals surface area contributed by atoms with Crippen molar-refractivity contribution in [2.45, 2.75) is 18.4 Å². The van der Waals surface area contributed by atoms with Gasteiger partial charge in [-0.05, 0) is 19.1 Å². The highest BCUT2D eigenvalue weighted by molar-refractivity contribution is 8.00. The SMILES string of the molecule is Cc1ccc(-c2noc(CNc3ccccc3SCC(N)=O)n2)cc1. The Labute approximate surface area is 149 Å². The number of aromatic nitrogens is 2. The van der Waals surface area contributed by atoms with Crippen LogP contribution in [-0.2, 0) is 11.3 Å². The van der Waals surface area contributed by atoms with Gasteiger partial charge < -0.3 is 15.6 Å². The van der Waals surface area contributed by atoms with Gasteiger partial charge in [0.25, 0.3) is 0 Å². The molecule has 0 saturated heterocycles. The molecule has 7 heteroatoms. The first kappa shape index (κ1) is 17.0. The van der Waals surface area contributed by atoms with Crippen molar-refractivity contribution in [3.05, 3.63) is 60.0 Å². The van der Waals surface area contributed by atoms with Crippen molar-refractivity contribution in [3.63, 3.8) is 0 Å². The van der Waals surface area contributed by atoms with Gasteiger partial charge in [-0.1, -0.05) is 47.1 Å². The van der Waals surface area contributed by atoms with Crippen LogP contribution in [0.15, 0.2) is 57.9 Å². The smallest absolute Gasteiger partial charge is 0.246 e. The van der Waals surface area contributed by atoms with Crippen LogP contribution < -0.4 is 11.1 Å². The van der Waals surface area contributed by atoms with Crippen molar-refractivity contribution in [1.82, 2.24) is 10.1 Å². The fourth-order valence-electron chi connectivity index (χ4n) is 2.20. The maximum atomic E-state index is 11.0. The highest BCUT2D eigenvalue weighted by Gasteiger charge is 2.10. The lowest BCUT2D eigenvalue weighted by atomic mass is 10.1. The number of benzene rings is 2. The first-order valence-corrected chi connectivity index (χ1v) is 8.74. The number of anilines is 1. The molecule has 25 heavy (non-hydrogen) atoms. The molecule has 6 nitrogen and oxygen atoms in total. The standard InChI is InChI=1S/C18H18N4O2S/c1-12-6-8-13(9-7-12)18-21-17(24-22-18)10-20-14-4-2-3-5-15(14)25-11-16(19)23/h2-9,20H,10-11H2,1H3,(H2,19,23). The average Bonchev–Trinajstić information content (AvgIpc) is 3.08. The number of para-hydroxylation sites is 1. The molecular weight excluding hydrogens is 336 g/mol. The molecule has 0 unspecified atom stereocenters. The van der Waals surface area contributed by atoms with Crippen LogP contribution in [-0.4, -0.2) is 21.8 Å². The fourth-order valence-corrected chi connectivity index (χ4v) is 2.97. The molecule has 2 aromatic carbocycles. The van der Waals surface area contributed by atoms with E-state index < -0.39 is 0 Å². The summed E-state index contributed by atoms with van der Waals surface area (Å²) in [6.07, 6.45) is 0. The summed E-state index contributed by atoms with van der Waals surface area (Å²) in [4.78, 5) is 16.3. The molecule has 128 valence electrons. The quantitative estimate of drug-likeness (QED) is 0.633. The molecule has 0 aliphatic heterocycles. The monoisotopic (exact) mass is 354 g/mol. The van der Waals surface area contributed by atoms with Crippen molar-refractivity contribution in [1.29, 1.82) is 0 Å². The molecule has 0 radical (unpaired) electrons. The van der Waals surface area contributed by atoms with Gasteiger partial charge >= 0.3 is 0 Å². The second kappa shape index (κ2) is 7.85. The lowest BCUT2D eigenvalue weighted by molar-refractivity contribution is -0.115. The van der Waals surface area contributed by atoms with Crippen LogP contribution in [0.4, 0.5) is 5.69 Å². The highest BCUT2D eigenvalue weighted by atomic mass is 32.2. The molecule has 1 aromatic heterocycles. The number of hydrogen-bond donors (Lipinski definition) is 2. The predicted octanol–water partition coefficient (Wildman–Crippen LogP) is 3.23. The summed E-state index contributed by atoms with van der Waals surface area (Å²) in [5.41, 5.74) is 8.20. The minimum absolute atomic E-state index is 0.233. The number of carbonyl (C=O) groups is 1. The van der Waals surface area contributed by atoms with Gasteiger partial charge in [0.1, 0.15) is 0 Å². The third kappa shape index (κ3) is 4.60. The van der Waals surface area contributed by atoms with Crippen LogP contribution in [0.25, 0.3) is 11.4 Å². The van der Waals surface area contributed by atoms with Crippen LogP contribution in [0.5, 0.6) is 0 Å². The zero-order valence-electron chi connectivity index (χ0n) is 13.7. The summed E-state index contributed by atoms with van der Waals surface area (Å²) in [6.45, 7) is 2.43. The molecule has 1 heterocycles. The summed E-state index contributed by atoms with van der Waals surface area (Å²) >= 11 is 1.39. The maximum absolute atomic E-state index is 11.0. The Morgan fingerprint density at radius 1 is 1.20 bits per heavy atom. The normalized spacial score (nSPS) is 10.6. The number of primary amides is 1. The number of carbonyl (C=O) groups excluding carboxylic acids is 1. The maximum Gasteiger partial charge on any atom is 0.246 e. The number of nitrogens with zero attached hydrogens (tertiary/aromatic N) is 2. The van der Waals surface area contributed by atoms with Crippen molar-refractivity contribution in [3.8, 4) is 11.4 Å². The molecule has 0 spiro atoms. The summed E-state index contributed by atoms with van der Waals surface area (Å²) < 4.78 is 5.30. The van der Waals surface area contributed by atoms with Gasteiger partial charge in [0.05, 0.1) is 12.3 Å². The van der Waals surface area contributed by atoms with Crippen molar-refractivity contribution < 1.29 is 9.32 Å². The molecule has 0 fully saturated rings. The third-order valence-electron chi connectivity index (χ3n) is 3.46. The number of hydrogen-bond acceptors (Lipinski definition) is 6. The van der Waals surface area contributed by atoms with Crippen molar-refractivity contribution >= 4 is 23.4 Å².